The zero-order valence-corrected chi connectivity index (χ0v) is 10.9. The first-order chi connectivity index (χ1) is 9.16. The highest BCUT2D eigenvalue weighted by molar-refractivity contribution is 6.30. The minimum atomic E-state index is -0.458. The molecule has 0 aromatic heterocycles. The van der Waals surface area contributed by atoms with Crippen LogP contribution in [-0.2, 0) is 4.79 Å². The van der Waals surface area contributed by atoms with Crippen LogP contribution in [0, 0.1) is 0 Å². The smallest absolute Gasteiger partial charge is 0.229 e. The summed E-state index contributed by atoms with van der Waals surface area (Å²) in [5.41, 5.74) is 9.38. The van der Waals surface area contributed by atoms with E-state index < -0.39 is 5.92 Å². The van der Waals surface area contributed by atoms with Crippen LogP contribution < -0.4 is 5.73 Å². The average molecular weight is 270 g/mol. The molecule has 19 heavy (non-hydrogen) atoms. The molecule has 0 saturated heterocycles. The summed E-state index contributed by atoms with van der Waals surface area (Å²) >= 11 is 6.05. The van der Waals surface area contributed by atoms with Crippen LogP contribution in [0.5, 0.6) is 0 Å². The van der Waals surface area contributed by atoms with Gasteiger partial charge in [0.15, 0.2) is 0 Å². The van der Waals surface area contributed by atoms with E-state index in [2.05, 4.69) is 0 Å². The largest absolute Gasteiger partial charge is 0.369 e. The van der Waals surface area contributed by atoms with Crippen LogP contribution in [0.15, 0.2) is 42.5 Å². The van der Waals surface area contributed by atoms with Crippen molar-refractivity contribution in [1.29, 1.82) is 0 Å². The lowest BCUT2D eigenvalue weighted by Crippen LogP contribution is -2.23. The van der Waals surface area contributed by atoms with Gasteiger partial charge < -0.3 is 5.73 Å². The lowest BCUT2D eigenvalue weighted by atomic mass is 9.87. The Labute approximate surface area is 116 Å². The Bertz CT molecular complexity index is 691. The lowest BCUT2D eigenvalue weighted by Gasteiger charge is -2.17. The Morgan fingerprint density at radius 2 is 1.68 bits per heavy atom. The Morgan fingerprint density at radius 3 is 2.42 bits per heavy atom. The maximum Gasteiger partial charge on any atom is 0.229 e. The van der Waals surface area contributed by atoms with Crippen molar-refractivity contribution in [3.63, 3.8) is 0 Å². The number of primary amides is 1. The molecular weight excluding hydrogens is 258 g/mol. The molecule has 1 unspecified atom stereocenters. The second kappa shape index (κ2) is 4.56. The van der Waals surface area contributed by atoms with Crippen molar-refractivity contribution in [3.05, 3.63) is 69.7 Å². The monoisotopic (exact) mass is 269 g/mol. The molecule has 0 bridgehead atoms. The number of hydrogen-bond donors (Lipinski definition) is 1. The molecule has 2 aromatic rings. The minimum absolute atomic E-state index is 0.361. The molecular formula is C16H12ClNO. The number of fused-ring (bicyclic) bond motifs is 2. The van der Waals surface area contributed by atoms with Crippen molar-refractivity contribution in [1.82, 2.24) is 0 Å². The SMILES string of the molecule is NC(=O)C1c2ccccc2C=Cc2ccc(Cl)cc21. The molecule has 1 aliphatic rings. The van der Waals surface area contributed by atoms with Gasteiger partial charge in [0.1, 0.15) is 0 Å². The van der Waals surface area contributed by atoms with Gasteiger partial charge in [-0.2, -0.15) is 0 Å². The van der Waals surface area contributed by atoms with Gasteiger partial charge in [-0.15, -0.1) is 0 Å². The number of carbonyl (C=O) groups is 1. The molecule has 0 spiro atoms. The van der Waals surface area contributed by atoms with Gasteiger partial charge in [-0.1, -0.05) is 54.1 Å². The molecule has 0 fully saturated rings. The van der Waals surface area contributed by atoms with E-state index in [0.717, 1.165) is 22.3 Å². The molecule has 1 amide bonds. The zero-order valence-electron chi connectivity index (χ0n) is 10.1. The Hall–Kier alpha value is -2.06. The Kier molecular flexibility index (Phi) is 2.88. The fourth-order valence-electron chi connectivity index (χ4n) is 2.53. The number of amides is 1. The first-order valence-electron chi connectivity index (χ1n) is 6.02. The first kappa shape index (κ1) is 12.0. The summed E-state index contributed by atoms with van der Waals surface area (Å²) in [6.45, 7) is 0. The molecule has 0 radical (unpaired) electrons. The van der Waals surface area contributed by atoms with Crippen LogP contribution in [-0.4, -0.2) is 5.91 Å². The molecule has 94 valence electrons. The average Bonchev–Trinajstić information content (AvgIpc) is 2.54. The lowest BCUT2D eigenvalue weighted by molar-refractivity contribution is -0.118. The fourth-order valence-corrected chi connectivity index (χ4v) is 2.71. The van der Waals surface area contributed by atoms with Gasteiger partial charge in [0, 0.05) is 5.02 Å². The molecule has 3 rings (SSSR count). The van der Waals surface area contributed by atoms with Crippen LogP contribution in [0.3, 0.4) is 0 Å². The molecule has 3 heteroatoms. The van der Waals surface area contributed by atoms with E-state index >= 15 is 0 Å². The summed E-state index contributed by atoms with van der Waals surface area (Å²) in [5, 5.41) is 0.609. The Balaban J connectivity index is 2.31. The van der Waals surface area contributed by atoms with Gasteiger partial charge in [0.25, 0.3) is 0 Å². The Morgan fingerprint density at radius 1 is 1.00 bits per heavy atom. The van der Waals surface area contributed by atoms with Crippen molar-refractivity contribution >= 4 is 29.7 Å². The second-order valence-electron chi connectivity index (χ2n) is 4.57. The van der Waals surface area contributed by atoms with Crippen LogP contribution >= 0.6 is 11.6 Å². The minimum Gasteiger partial charge on any atom is -0.369 e. The topological polar surface area (TPSA) is 43.1 Å². The van der Waals surface area contributed by atoms with E-state index in [9.17, 15) is 4.79 Å². The van der Waals surface area contributed by atoms with Gasteiger partial charge >= 0.3 is 0 Å². The van der Waals surface area contributed by atoms with E-state index in [0.29, 0.717) is 5.02 Å². The molecule has 2 N–H and O–H groups in total. The van der Waals surface area contributed by atoms with Crippen molar-refractivity contribution < 1.29 is 4.79 Å². The summed E-state index contributed by atoms with van der Waals surface area (Å²) in [7, 11) is 0. The van der Waals surface area contributed by atoms with E-state index in [1.165, 1.54) is 0 Å². The van der Waals surface area contributed by atoms with Crippen molar-refractivity contribution in [3.8, 4) is 0 Å². The summed E-state index contributed by atoms with van der Waals surface area (Å²) < 4.78 is 0. The maximum absolute atomic E-state index is 11.9. The fraction of sp³-hybridized carbons (Fsp3) is 0.0625. The quantitative estimate of drug-likeness (QED) is 0.847. The predicted molar refractivity (Wildman–Crippen MR) is 77.9 cm³/mol. The van der Waals surface area contributed by atoms with Crippen LogP contribution in [0.4, 0.5) is 0 Å². The van der Waals surface area contributed by atoms with Crippen molar-refractivity contribution in [2.75, 3.05) is 0 Å². The maximum atomic E-state index is 11.9. The highest BCUT2D eigenvalue weighted by Crippen LogP contribution is 2.35. The highest BCUT2D eigenvalue weighted by Gasteiger charge is 2.26. The third-order valence-electron chi connectivity index (χ3n) is 3.39. The number of nitrogens with two attached hydrogens (primary N) is 1. The highest BCUT2D eigenvalue weighted by atomic mass is 35.5. The van der Waals surface area contributed by atoms with Crippen LogP contribution in [0.25, 0.3) is 12.2 Å². The molecule has 0 saturated carbocycles. The summed E-state index contributed by atoms with van der Waals surface area (Å²) in [5.74, 6) is -0.820. The molecule has 1 aliphatic carbocycles. The summed E-state index contributed by atoms with van der Waals surface area (Å²) in [6, 6.07) is 13.3. The first-order valence-corrected chi connectivity index (χ1v) is 6.40. The summed E-state index contributed by atoms with van der Waals surface area (Å²) in [6.07, 6.45) is 4.00. The van der Waals surface area contributed by atoms with Gasteiger partial charge in [-0.05, 0) is 34.4 Å². The van der Waals surface area contributed by atoms with Crippen molar-refractivity contribution in [2.45, 2.75) is 5.92 Å². The number of halogens is 1. The van der Waals surface area contributed by atoms with E-state index in [1.807, 2.05) is 54.6 Å². The molecule has 0 heterocycles. The number of carbonyl (C=O) groups excluding carboxylic acids is 1. The van der Waals surface area contributed by atoms with Crippen molar-refractivity contribution in [2.24, 2.45) is 5.73 Å². The standard InChI is InChI=1S/C16H12ClNO/c17-12-8-7-11-6-5-10-3-1-2-4-13(10)15(16(18)19)14(11)9-12/h1-9,15H,(H2,18,19). The second-order valence-corrected chi connectivity index (χ2v) is 5.01. The summed E-state index contributed by atoms with van der Waals surface area (Å²) in [4.78, 5) is 11.9. The van der Waals surface area contributed by atoms with Crippen LogP contribution in [0.1, 0.15) is 28.2 Å². The predicted octanol–water partition coefficient (Wildman–Crippen LogP) is 3.44. The zero-order chi connectivity index (χ0) is 13.4. The molecule has 0 aliphatic heterocycles. The molecule has 2 aromatic carbocycles. The van der Waals surface area contributed by atoms with Gasteiger partial charge in [-0.3, -0.25) is 4.79 Å². The van der Waals surface area contributed by atoms with Gasteiger partial charge in [-0.25, -0.2) is 0 Å². The van der Waals surface area contributed by atoms with E-state index in [1.54, 1.807) is 0 Å². The van der Waals surface area contributed by atoms with Gasteiger partial charge in [0.05, 0.1) is 5.92 Å². The molecule has 1 atom stereocenters. The third kappa shape index (κ3) is 2.04. The van der Waals surface area contributed by atoms with Gasteiger partial charge in [0.2, 0.25) is 5.91 Å². The third-order valence-corrected chi connectivity index (χ3v) is 3.63. The van der Waals surface area contributed by atoms with E-state index in [-0.39, 0.29) is 5.91 Å². The molecule has 2 nitrogen and oxygen atoms in total. The normalized spacial score (nSPS) is 16.4. The number of hydrogen-bond acceptors (Lipinski definition) is 1. The number of rotatable bonds is 1. The number of benzene rings is 2. The van der Waals surface area contributed by atoms with Crippen LogP contribution in [0.2, 0.25) is 5.02 Å². The van der Waals surface area contributed by atoms with E-state index in [4.69, 9.17) is 17.3 Å².